The van der Waals surface area contributed by atoms with Crippen LogP contribution in [0.4, 0.5) is 11.4 Å². The number of amides is 1. The summed E-state index contributed by atoms with van der Waals surface area (Å²) in [6.45, 7) is 5.67. The van der Waals surface area contributed by atoms with Crippen molar-refractivity contribution in [1.82, 2.24) is 0 Å². The number of carbonyl (C=O) groups excluding carboxylic acids is 1. The lowest BCUT2D eigenvalue weighted by Crippen LogP contribution is -2.20. The first kappa shape index (κ1) is 21.4. The zero-order chi connectivity index (χ0) is 21.7. The van der Waals surface area contributed by atoms with Gasteiger partial charge >= 0.3 is 0 Å². The highest BCUT2D eigenvalue weighted by molar-refractivity contribution is 7.92. The molecule has 0 saturated heterocycles. The highest BCUT2D eigenvalue weighted by Crippen LogP contribution is 2.20. The zero-order valence-corrected chi connectivity index (χ0v) is 17.9. The second-order valence-electron chi connectivity index (χ2n) is 7.16. The highest BCUT2D eigenvalue weighted by Gasteiger charge is 2.14. The van der Waals surface area contributed by atoms with Crippen LogP contribution < -0.4 is 14.8 Å². The van der Waals surface area contributed by atoms with Crippen molar-refractivity contribution >= 4 is 27.3 Å². The molecule has 0 atom stereocenters. The molecule has 0 unspecified atom stereocenters. The van der Waals surface area contributed by atoms with Gasteiger partial charge in [-0.2, -0.15) is 0 Å². The number of hydrogen-bond donors (Lipinski definition) is 2. The third-order valence-electron chi connectivity index (χ3n) is 4.31. The predicted molar refractivity (Wildman–Crippen MR) is 118 cm³/mol. The van der Waals surface area contributed by atoms with E-state index < -0.39 is 10.0 Å². The third kappa shape index (κ3) is 5.84. The summed E-state index contributed by atoms with van der Waals surface area (Å²) < 4.78 is 33.0. The minimum atomic E-state index is -3.71. The number of nitrogens with one attached hydrogen (secondary N) is 2. The van der Waals surface area contributed by atoms with Crippen molar-refractivity contribution in [2.75, 3.05) is 16.6 Å². The fourth-order valence-corrected chi connectivity index (χ4v) is 4.00. The molecule has 0 radical (unpaired) electrons. The van der Waals surface area contributed by atoms with Gasteiger partial charge in [0.2, 0.25) is 0 Å². The van der Waals surface area contributed by atoms with Gasteiger partial charge in [-0.25, -0.2) is 8.42 Å². The highest BCUT2D eigenvalue weighted by atomic mass is 32.2. The molecule has 3 aromatic carbocycles. The van der Waals surface area contributed by atoms with Crippen molar-refractivity contribution in [1.29, 1.82) is 0 Å². The van der Waals surface area contributed by atoms with E-state index in [1.54, 1.807) is 12.1 Å². The van der Waals surface area contributed by atoms with E-state index in [-0.39, 0.29) is 17.4 Å². The molecular formula is C23H24N2O4S. The summed E-state index contributed by atoms with van der Waals surface area (Å²) in [7, 11) is -3.71. The molecule has 156 valence electrons. The summed E-state index contributed by atoms with van der Waals surface area (Å²) in [5.41, 5.74) is 4.36. The molecule has 1 amide bonds. The van der Waals surface area contributed by atoms with E-state index in [2.05, 4.69) is 10.0 Å². The summed E-state index contributed by atoms with van der Waals surface area (Å²) in [5.74, 6) is 0.109. The fraction of sp³-hybridized carbons (Fsp3) is 0.174. The molecule has 2 N–H and O–H groups in total. The summed E-state index contributed by atoms with van der Waals surface area (Å²) in [6, 6.07) is 18.8. The molecule has 0 saturated carbocycles. The minimum Gasteiger partial charge on any atom is -0.484 e. The van der Waals surface area contributed by atoms with Crippen LogP contribution in [0.25, 0.3) is 0 Å². The standard InChI is InChI=1S/C23H24N2O4S/c1-16-4-6-19(7-5-16)25-30(27,28)22-10-8-21(9-11-22)29-15-23(26)24-20-13-17(2)12-18(3)14-20/h4-14,25H,15H2,1-3H3,(H,24,26). The number of aryl methyl sites for hydroxylation is 3. The van der Waals surface area contributed by atoms with Gasteiger partial charge in [0.1, 0.15) is 5.75 Å². The molecule has 30 heavy (non-hydrogen) atoms. The van der Waals surface area contributed by atoms with Crippen molar-refractivity contribution in [3.8, 4) is 5.75 Å². The lowest BCUT2D eigenvalue weighted by atomic mass is 10.1. The Hall–Kier alpha value is -3.32. The van der Waals surface area contributed by atoms with Crippen LogP contribution in [0.2, 0.25) is 0 Å². The summed E-state index contributed by atoms with van der Waals surface area (Å²) in [4.78, 5) is 12.2. The maximum Gasteiger partial charge on any atom is 0.262 e. The normalized spacial score (nSPS) is 11.0. The zero-order valence-electron chi connectivity index (χ0n) is 17.1. The van der Waals surface area contributed by atoms with Crippen molar-refractivity contribution in [2.45, 2.75) is 25.7 Å². The van der Waals surface area contributed by atoms with Crippen LogP contribution in [-0.2, 0) is 14.8 Å². The van der Waals surface area contributed by atoms with E-state index in [1.807, 2.05) is 51.1 Å². The van der Waals surface area contributed by atoms with E-state index in [0.29, 0.717) is 17.1 Å². The molecule has 0 aliphatic heterocycles. The fourth-order valence-electron chi connectivity index (χ4n) is 2.94. The van der Waals surface area contributed by atoms with Crippen LogP contribution in [0.5, 0.6) is 5.75 Å². The second-order valence-corrected chi connectivity index (χ2v) is 8.84. The molecule has 0 bridgehead atoms. The van der Waals surface area contributed by atoms with Gasteiger partial charge < -0.3 is 10.1 Å². The van der Waals surface area contributed by atoms with E-state index in [4.69, 9.17) is 4.74 Å². The van der Waals surface area contributed by atoms with Crippen LogP contribution in [-0.4, -0.2) is 20.9 Å². The number of rotatable bonds is 7. The number of hydrogen-bond acceptors (Lipinski definition) is 4. The first-order chi connectivity index (χ1) is 14.2. The Labute approximate surface area is 177 Å². The van der Waals surface area contributed by atoms with Crippen LogP contribution >= 0.6 is 0 Å². The SMILES string of the molecule is Cc1ccc(NS(=O)(=O)c2ccc(OCC(=O)Nc3cc(C)cc(C)c3)cc2)cc1. The Bertz CT molecular complexity index is 1120. The van der Waals surface area contributed by atoms with Gasteiger partial charge in [0.25, 0.3) is 15.9 Å². The first-order valence-corrected chi connectivity index (χ1v) is 10.9. The lowest BCUT2D eigenvalue weighted by Gasteiger charge is -2.11. The van der Waals surface area contributed by atoms with Crippen LogP contribution in [0.1, 0.15) is 16.7 Å². The molecule has 7 heteroatoms. The molecule has 0 fully saturated rings. The Morgan fingerprint density at radius 2 is 1.40 bits per heavy atom. The molecule has 0 heterocycles. The van der Waals surface area contributed by atoms with Gasteiger partial charge in [0, 0.05) is 11.4 Å². The monoisotopic (exact) mass is 424 g/mol. The van der Waals surface area contributed by atoms with Crippen LogP contribution in [0, 0.1) is 20.8 Å². The minimum absolute atomic E-state index is 0.107. The molecule has 0 aliphatic carbocycles. The topological polar surface area (TPSA) is 84.5 Å². The molecule has 0 aromatic heterocycles. The largest absolute Gasteiger partial charge is 0.484 e. The summed E-state index contributed by atoms with van der Waals surface area (Å²) in [5, 5.41) is 2.79. The van der Waals surface area contributed by atoms with Gasteiger partial charge in [-0.1, -0.05) is 23.8 Å². The van der Waals surface area contributed by atoms with Gasteiger partial charge in [0.05, 0.1) is 4.90 Å². The molecule has 3 rings (SSSR count). The van der Waals surface area contributed by atoms with Gasteiger partial charge in [-0.3, -0.25) is 9.52 Å². The molecule has 0 aliphatic rings. The first-order valence-electron chi connectivity index (χ1n) is 9.42. The average molecular weight is 425 g/mol. The van der Waals surface area contributed by atoms with Crippen LogP contribution in [0.3, 0.4) is 0 Å². The Kier molecular flexibility index (Phi) is 6.42. The van der Waals surface area contributed by atoms with E-state index in [0.717, 1.165) is 16.7 Å². The Balaban J connectivity index is 1.58. The van der Waals surface area contributed by atoms with Crippen molar-refractivity contribution in [2.24, 2.45) is 0 Å². The quantitative estimate of drug-likeness (QED) is 0.588. The van der Waals surface area contributed by atoms with Gasteiger partial charge in [-0.05, 0) is 80.4 Å². The summed E-state index contributed by atoms with van der Waals surface area (Å²) >= 11 is 0. The second kappa shape index (κ2) is 9.00. The van der Waals surface area contributed by atoms with Gasteiger partial charge in [0.15, 0.2) is 6.61 Å². The molecular weight excluding hydrogens is 400 g/mol. The third-order valence-corrected chi connectivity index (χ3v) is 5.71. The number of carbonyl (C=O) groups is 1. The average Bonchev–Trinajstić information content (AvgIpc) is 2.67. The maximum atomic E-state index is 12.5. The van der Waals surface area contributed by atoms with E-state index in [9.17, 15) is 13.2 Å². The lowest BCUT2D eigenvalue weighted by molar-refractivity contribution is -0.118. The van der Waals surface area contributed by atoms with Crippen molar-refractivity contribution < 1.29 is 17.9 Å². The number of benzene rings is 3. The number of ether oxygens (including phenoxy) is 1. The molecule has 3 aromatic rings. The van der Waals surface area contributed by atoms with Gasteiger partial charge in [-0.15, -0.1) is 0 Å². The summed E-state index contributed by atoms with van der Waals surface area (Å²) in [6.07, 6.45) is 0. The van der Waals surface area contributed by atoms with E-state index in [1.165, 1.54) is 24.3 Å². The number of anilines is 2. The maximum absolute atomic E-state index is 12.5. The Morgan fingerprint density at radius 1 is 0.800 bits per heavy atom. The van der Waals surface area contributed by atoms with E-state index >= 15 is 0 Å². The van der Waals surface area contributed by atoms with Crippen LogP contribution in [0.15, 0.2) is 71.6 Å². The predicted octanol–water partition coefficient (Wildman–Crippen LogP) is 4.43. The number of sulfonamides is 1. The smallest absolute Gasteiger partial charge is 0.262 e. The molecule has 0 spiro atoms. The Morgan fingerprint density at radius 3 is 2.00 bits per heavy atom. The van der Waals surface area contributed by atoms with Crippen molar-refractivity contribution in [3.63, 3.8) is 0 Å². The molecule has 6 nitrogen and oxygen atoms in total. The van der Waals surface area contributed by atoms with Crippen molar-refractivity contribution in [3.05, 3.63) is 83.4 Å².